The van der Waals surface area contributed by atoms with Crippen LogP contribution in [0.2, 0.25) is 0 Å². The maximum atomic E-state index is 5.71. The molecule has 20 heavy (non-hydrogen) atoms. The van der Waals surface area contributed by atoms with Crippen LogP contribution in [0, 0.1) is 0 Å². The topological polar surface area (TPSA) is 47.0 Å². The Kier molecular flexibility index (Phi) is 4.93. The molecule has 0 radical (unpaired) electrons. The Morgan fingerprint density at radius 3 is 2.55 bits per heavy atom. The van der Waals surface area contributed by atoms with Gasteiger partial charge in [-0.25, -0.2) is 4.98 Å². The zero-order valence-corrected chi connectivity index (χ0v) is 12.3. The Morgan fingerprint density at radius 2 is 1.90 bits per heavy atom. The summed E-state index contributed by atoms with van der Waals surface area (Å²) in [7, 11) is 0. The first-order valence-corrected chi connectivity index (χ1v) is 7.04. The molecule has 1 aromatic carbocycles. The van der Waals surface area contributed by atoms with Crippen molar-refractivity contribution in [1.82, 2.24) is 9.97 Å². The summed E-state index contributed by atoms with van der Waals surface area (Å²) in [5.41, 5.74) is 0.987. The van der Waals surface area contributed by atoms with Gasteiger partial charge in [0, 0.05) is 18.2 Å². The van der Waals surface area contributed by atoms with Gasteiger partial charge in [0.2, 0.25) is 5.88 Å². The van der Waals surface area contributed by atoms with Crippen LogP contribution >= 0.6 is 0 Å². The van der Waals surface area contributed by atoms with E-state index < -0.39 is 0 Å². The summed E-state index contributed by atoms with van der Waals surface area (Å²) in [5.74, 6) is 2.09. The summed E-state index contributed by atoms with van der Waals surface area (Å²) < 4.78 is 5.71. The normalized spacial score (nSPS) is 10.6. The molecule has 1 aromatic heterocycles. The van der Waals surface area contributed by atoms with E-state index in [1.54, 1.807) is 0 Å². The number of hydrogen-bond acceptors (Lipinski definition) is 4. The van der Waals surface area contributed by atoms with Crippen LogP contribution in [-0.4, -0.2) is 22.6 Å². The third-order valence-corrected chi connectivity index (χ3v) is 2.65. The number of aromatic nitrogens is 2. The number of nitrogens with one attached hydrogen (secondary N) is 1. The fourth-order valence-corrected chi connectivity index (χ4v) is 1.79. The second-order valence-electron chi connectivity index (χ2n) is 4.87. The molecule has 0 saturated carbocycles. The van der Waals surface area contributed by atoms with E-state index in [-0.39, 0.29) is 6.10 Å². The highest BCUT2D eigenvalue weighted by Gasteiger charge is 2.08. The van der Waals surface area contributed by atoms with Gasteiger partial charge in [-0.05, 0) is 20.3 Å². The smallest absolute Gasteiger partial charge is 0.219 e. The summed E-state index contributed by atoms with van der Waals surface area (Å²) in [6.45, 7) is 6.98. The average Bonchev–Trinajstić information content (AvgIpc) is 2.45. The van der Waals surface area contributed by atoms with Crippen molar-refractivity contribution >= 4 is 5.82 Å². The largest absolute Gasteiger partial charge is 0.475 e. The SMILES string of the molecule is CCCNc1cc(OC(C)C)nc(-c2ccccc2)n1. The lowest BCUT2D eigenvalue weighted by Gasteiger charge is -2.12. The van der Waals surface area contributed by atoms with Crippen molar-refractivity contribution in [3.05, 3.63) is 36.4 Å². The third kappa shape index (κ3) is 3.95. The van der Waals surface area contributed by atoms with Gasteiger partial charge < -0.3 is 10.1 Å². The molecule has 106 valence electrons. The molecule has 0 bridgehead atoms. The highest BCUT2D eigenvalue weighted by atomic mass is 16.5. The van der Waals surface area contributed by atoms with Crippen molar-refractivity contribution < 1.29 is 4.74 Å². The summed E-state index contributed by atoms with van der Waals surface area (Å²) >= 11 is 0. The third-order valence-electron chi connectivity index (χ3n) is 2.65. The summed E-state index contributed by atoms with van der Waals surface area (Å²) in [6.07, 6.45) is 1.14. The van der Waals surface area contributed by atoms with E-state index in [9.17, 15) is 0 Å². The molecule has 4 heteroatoms. The summed E-state index contributed by atoms with van der Waals surface area (Å²) in [5, 5.41) is 3.29. The molecule has 2 rings (SSSR count). The minimum absolute atomic E-state index is 0.0903. The van der Waals surface area contributed by atoms with Crippen molar-refractivity contribution in [3.63, 3.8) is 0 Å². The fourth-order valence-electron chi connectivity index (χ4n) is 1.79. The summed E-state index contributed by atoms with van der Waals surface area (Å²) in [4.78, 5) is 9.02. The zero-order valence-electron chi connectivity index (χ0n) is 12.3. The Morgan fingerprint density at radius 1 is 1.15 bits per heavy atom. The molecule has 0 aliphatic carbocycles. The molecular weight excluding hydrogens is 250 g/mol. The van der Waals surface area contributed by atoms with Crippen molar-refractivity contribution in [3.8, 4) is 17.3 Å². The van der Waals surface area contributed by atoms with E-state index in [2.05, 4.69) is 22.2 Å². The highest BCUT2D eigenvalue weighted by molar-refractivity contribution is 5.58. The number of benzene rings is 1. The van der Waals surface area contributed by atoms with E-state index >= 15 is 0 Å². The van der Waals surface area contributed by atoms with Gasteiger partial charge in [0.05, 0.1) is 6.10 Å². The lowest BCUT2D eigenvalue weighted by Crippen LogP contribution is -2.10. The highest BCUT2D eigenvalue weighted by Crippen LogP contribution is 2.22. The first-order valence-electron chi connectivity index (χ1n) is 7.04. The molecule has 0 saturated heterocycles. The number of rotatable bonds is 6. The molecule has 1 heterocycles. The lowest BCUT2D eigenvalue weighted by atomic mass is 10.2. The molecule has 0 amide bonds. The minimum atomic E-state index is 0.0903. The van der Waals surface area contributed by atoms with Crippen molar-refractivity contribution in [2.24, 2.45) is 0 Å². The van der Waals surface area contributed by atoms with Gasteiger partial charge in [0.15, 0.2) is 5.82 Å². The van der Waals surface area contributed by atoms with Crippen LogP contribution in [0.25, 0.3) is 11.4 Å². The maximum absolute atomic E-state index is 5.71. The zero-order chi connectivity index (χ0) is 14.4. The van der Waals surface area contributed by atoms with Crippen LogP contribution in [-0.2, 0) is 0 Å². The Balaban J connectivity index is 2.34. The van der Waals surface area contributed by atoms with Gasteiger partial charge in [0.25, 0.3) is 0 Å². The van der Waals surface area contributed by atoms with Crippen molar-refractivity contribution in [1.29, 1.82) is 0 Å². The number of anilines is 1. The molecule has 2 aromatic rings. The molecule has 0 atom stereocenters. The maximum Gasteiger partial charge on any atom is 0.219 e. The van der Waals surface area contributed by atoms with E-state index in [4.69, 9.17) is 4.74 Å². The number of nitrogens with zero attached hydrogens (tertiary/aromatic N) is 2. The van der Waals surface area contributed by atoms with Crippen molar-refractivity contribution in [2.45, 2.75) is 33.3 Å². The van der Waals surface area contributed by atoms with Gasteiger partial charge in [-0.3, -0.25) is 0 Å². The molecule has 0 spiro atoms. The second-order valence-corrected chi connectivity index (χ2v) is 4.87. The predicted octanol–water partition coefficient (Wildman–Crippen LogP) is 3.75. The second kappa shape index (κ2) is 6.89. The van der Waals surface area contributed by atoms with E-state index in [0.29, 0.717) is 11.7 Å². The first-order chi connectivity index (χ1) is 9.69. The van der Waals surface area contributed by atoms with Gasteiger partial charge in [0.1, 0.15) is 5.82 Å². The van der Waals surface area contributed by atoms with Crippen LogP contribution < -0.4 is 10.1 Å². The van der Waals surface area contributed by atoms with Crippen LogP contribution in [0.3, 0.4) is 0 Å². The molecular formula is C16H21N3O. The van der Waals surface area contributed by atoms with Gasteiger partial charge >= 0.3 is 0 Å². The average molecular weight is 271 g/mol. The Labute approximate surface area is 120 Å². The van der Waals surface area contributed by atoms with E-state index in [0.717, 1.165) is 24.3 Å². The first kappa shape index (κ1) is 14.3. The molecule has 0 fully saturated rings. The van der Waals surface area contributed by atoms with E-state index in [1.165, 1.54) is 0 Å². The van der Waals surface area contributed by atoms with Crippen LogP contribution in [0.1, 0.15) is 27.2 Å². The Bertz CT molecular complexity index is 541. The van der Waals surface area contributed by atoms with Gasteiger partial charge in [-0.2, -0.15) is 4.98 Å². The standard InChI is InChI=1S/C16H21N3O/c1-4-10-17-14-11-15(20-12(2)3)19-16(18-14)13-8-6-5-7-9-13/h5-9,11-12H,4,10H2,1-3H3,(H,17,18,19). The quantitative estimate of drug-likeness (QED) is 0.869. The van der Waals surface area contributed by atoms with Crippen molar-refractivity contribution in [2.75, 3.05) is 11.9 Å². The molecule has 0 aliphatic rings. The number of hydrogen-bond donors (Lipinski definition) is 1. The molecule has 1 N–H and O–H groups in total. The predicted molar refractivity (Wildman–Crippen MR) is 82.0 cm³/mol. The van der Waals surface area contributed by atoms with Crippen LogP contribution in [0.4, 0.5) is 5.82 Å². The van der Waals surface area contributed by atoms with Gasteiger partial charge in [-0.1, -0.05) is 37.3 Å². The minimum Gasteiger partial charge on any atom is -0.475 e. The van der Waals surface area contributed by atoms with Crippen LogP contribution in [0.15, 0.2) is 36.4 Å². The molecule has 0 unspecified atom stereocenters. The lowest BCUT2D eigenvalue weighted by molar-refractivity contribution is 0.232. The Hall–Kier alpha value is -2.10. The monoisotopic (exact) mass is 271 g/mol. The molecule has 4 nitrogen and oxygen atoms in total. The molecule has 0 aliphatic heterocycles. The van der Waals surface area contributed by atoms with Crippen LogP contribution in [0.5, 0.6) is 5.88 Å². The van der Waals surface area contributed by atoms with Gasteiger partial charge in [-0.15, -0.1) is 0 Å². The van der Waals surface area contributed by atoms with E-state index in [1.807, 2.05) is 50.2 Å². The fraction of sp³-hybridized carbons (Fsp3) is 0.375. The summed E-state index contributed by atoms with van der Waals surface area (Å²) in [6, 6.07) is 11.8. The number of ether oxygens (including phenoxy) is 1.